The normalized spacial score (nSPS) is 17.9. The minimum absolute atomic E-state index is 0.0950. The summed E-state index contributed by atoms with van der Waals surface area (Å²) in [5.41, 5.74) is 3.22. The van der Waals surface area contributed by atoms with Crippen molar-refractivity contribution in [3.05, 3.63) is 82.4 Å². The van der Waals surface area contributed by atoms with E-state index in [0.717, 1.165) is 86.6 Å². The molecule has 1 saturated carbocycles. The monoisotopic (exact) mass is 842 g/mol. The van der Waals surface area contributed by atoms with Gasteiger partial charge in [0.25, 0.3) is 23.6 Å². The number of anilines is 2. The van der Waals surface area contributed by atoms with Gasteiger partial charge in [-0.1, -0.05) is 34.3 Å². The van der Waals surface area contributed by atoms with E-state index in [4.69, 9.17) is 10.5 Å². The fourth-order valence-corrected chi connectivity index (χ4v) is 7.36. The maximum atomic E-state index is 13.4. The number of carbonyl (C=O) groups is 4. The highest BCUT2D eigenvalue weighted by Gasteiger charge is 2.24. The molecular weight excluding hydrogens is 793 g/mol. The Hall–Kier alpha value is -4.54. The van der Waals surface area contributed by atoms with Crippen LogP contribution in [0.5, 0.6) is 0 Å². The third-order valence-electron chi connectivity index (χ3n) is 9.70. The van der Waals surface area contributed by atoms with E-state index in [9.17, 15) is 19.2 Å². The van der Waals surface area contributed by atoms with Crippen LogP contribution in [-0.2, 0) is 31.8 Å². The molecule has 1 aliphatic carbocycles. The average Bonchev–Trinajstić information content (AvgIpc) is 3.25. The van der Waals surface area contributed by atoms with Crippen LogP contribution in [0.1, 0.15) is 104 Å². The van der Waals surface area contributed by atoms with Gasteiger partial charge in [-0.3, -0.25) is 19.2 Å². The van der Waals surface area contributed by atoms with Gasteiger partial charge in [-0.15, -0.1) is 8.67 Å². The first kappa shape index (κ1) is 44.6. The Morgan fingerprint density at radius 3 is 1.29 bits per heavy atom. The predicted octanol–water partition coefficient (Wildman–Crippen LogP) is 5.14. The Morgan fingerprint density at radius 2 is 0.931 bits per heavy atom. The maximum Gasteiger partial charge on any atom is 0.270 e. The molecule has 18 nitrogen and oxygen atoms in total. The smallest absolute Gasteiger partial charge is 0.270 e. The van der Waals surface area contributed by atoms with E-state index in [1.165, 1.54) is 0 Å². The number of amides is 4. The van der Waals surface area contributed by atoms with Crippen LogP contribution in [0.15, 0.2) is 48.5 Å². The van der Waals surface area contributed by atoms with E-state index in [1.807, 2.05) is 24.3 Å². The molecule has 8 N–H and O–H groups in total. The summed E-state index contributed by atoms with van der Waals surface area (Å²) in [7, 11) is 0. The van der Waals surface area contributed by atoms with Gasteiger partial charge in [-0.05, 0) is 98.6 Å². The van der Waals surface area contributed by atoms with E-state index in [0.29, 0.717) is 49.1 Å². The quantitative estimate of drug-likeness (QED) is 0.0403. The third-order valence-corrected chi connectivity index (χ3v) is 10.9. The molecule has 20 heteroatoms. The number of aromatic nitrogens is 2. The van der Waals surface area contributed by atoms with Crippen LogP contribution in [-0.4, -0.2) is 81.8 Å². The van der Waals surface area contributed by atoms with Gasteiger partial charge >= 0.3 is 0 Å². The van der Waals surface area contributed by atoms with Gasteiger partial charge < -0.3 is 31.9 Å². The third kappa shape index (κ3) is 15.0. The first-order valence-corrected chi connectivity index (χ1v) is 21.1. The average molecular weight is 843 g/mol. The number of carbonyl (C=O) groups excluding carboxylic acids is 4. The van der Waals surface area contributed by atoms with Crippen molar-refractivity contribution in [2.45, 2.75) is 64.5 Å². The predicted molar refractivity (Wildman–Crippen MR) is 217 cm³/mol. The van der Waals surface area contributed by atoms with Gasteiger partial charge in [0.05, 0.1) is 0 Å². The molecule has 0 spiro atoms. The second kappa shape index (κ2) is 24.4. The van der Waals surface area contributed by atoms with Crippen LogP contribution in [0, 0.1) is 11.8 Å². The van der Waals surface area contributed by atoms with E-state index in [-0.39, 0.29) is 59.5 Å². The summed E-state index contributed by atoms with van der Waals surface area (Å²) in [6.07, 6.45) is 6.47. The number of hydrogen-bond acceptors (Lipinski definition) is 16. The Bertz CT molecular complexity index is 1670. The molecule has 4 aliphatic heterocycles. The number of nitrogens with one attached hydrogen (secondary N) is 6. The number of pyridine rings is 2. The lowest BCUT2D eigenvalue weighted by atomic mass is 9.82. The molecule has 3 aromatic rings. The fourth-order valence-electron chi connectivity index (χ4n) is 6.49. The number of unbranched alkanes of at least 4 members (excludes halogenated alkanes) is 2. The molecule has 5 aliphatic rings. The molecule has 8 bridgehead atoms. The van der Waals surface area contributed by atoms with Crippen LogP contribution < -0.4 is 31.9 Å². The Morgan fingerprint density at radius 1 is 0.569 bits per heavy atom. The Balaban J connectivity index is 1.29. The van der Waals surface area contributed by atoms with Crippen LogP contribution in [0.25, 0.3) is 0 Å². The van der Waals surface area contributed by atoms with E-state index >= 15 is 0 Å². The number of rotatable bonds is 16. The number of benzene rings is 1. The lowest BCUT2D eigenvalue weighted by molar-refractivity contribution is -0.432. The lowest BCUT2D eigenvalue weighted by Crippen LogP contribution is -2.35. The molecule has 6 heterocycles. The van der Waals surface area contributed by atoms with Crippen molar-refractivity contribution < 1.29 is 48.4 Å². The molecule has 314 valence electrons. The summed E-state index contributed by atoms with van der Waals surface area (Å²) in [6.45, 7) is 2.42. The first-order chi connectivity index (χ1) is 28.3. The molecule has 2 aromatic heterocycles. The molecular formula is C38H50N8O10S2. The molecule has 0 unspecified atom stereocenters. The number of hydrogen-bond donors (Lipinski definition) is 8. The maximum absolute atomic E-state index is 13.4. The summed E-state index contributed by atoms with van der Waals surface area (Å²) in [4.78, 5) is 62.4. The zero-order valence-electron chi connectivity index (χ0n) is 32.0. The summed E-state index contributed by atoms with van der Waals surface area (Å²) < 4.78 is 8.81. The van der Waals surface area contributed by atoms with Crippen LogP contribution in [0.3, 0.4) is 0 Å². The summed E-state index contributed by atoms with van der Waals surface area (Å²) in [6, 6.07) is 13.8. The standard InChI is InChI=1S/C38H50N8O10S2/c47-35-31-17-29(39-13-1-3-15-57-55-53-51)18-32(45-31)36(48)42-22-26-7-11-28(12-8-26)24-44-38(50)34-20-30(40-14-2-4-16-58-56-54-52)19-33(46-34)37(49)43-23-27-9-5-25(6-10-27)21-41-35/h5-6,9-10,17-20,26,28,51-52H,1-4,7-8,11-16,21-24H2,(H,39,45)(H,40,46)(H,41,47)(H,42,48)(H,43,49)(H,44,50). The van der Waals surface area contributed by atoms with Crippen molar-refractivity contribution in [2.75, 3.05) is 48.3 Å². The van der Waals surface area contributed by atoms with Gasteiger partial charge in [-0.2, -0.15) is 0 Å². The summed E-state index contributed by atoms with van der Waals surface area (Å²) >= 11 is 1.97. The van der Waals surface area contributed by atoms with E-state index in [1.54, 1.807) is 24.3 Å². The zero-order valence-corrected chi connectivity index (χ0v) is 33.6. The molecule has 0 saturated heterocycles. The second-order valence-electron chi connectivity index (χ2n) is 13.9. The van der Waals surface area contributed by atoms with Gasteiger partial charge in [0.2, 0.25) is 0 Å². The summed E-state index contributed by atoms with van der Waals surface area (Å²) in [5, 5.41) is 42.1. The Kier molecular flexibility index (Phi) is 18.7. The minimum atomic E-state index is -0.441. The molecule has 0 atom stereocenters. The van der Waals surface area contributed by atoms with Crippen molar-refractivity contribution in [1.29, 1.82) is 0 Å². The fraction of sp³-hybridized carbons (Fsp3) is 0.474. The molecule has 8 rings (SSSR count). The van der Waals surface area contributed by atoms with Crippen molar-refractivity contribution >= 4 is 59.1 Å². The van der Waals surface area contributed by atoms with Crippen LogP contribution >= 0.6 is 24.1 Å². The minimum Gasteiger partial charge on any atom is -0.385 e. The van der Waals surface area contributed by atoms with Gasteiger partial charge in [0.1, 0.15) is 22.8 Å². The van der Waals surface area contributed by atoms with Crippen molar-refractivity contribution in [2.24, 2.45) is 11.8 Å². The second-order valence-corrected chi connectivity index (χ2v) is 15.5. The topological polar surface area (TPSA) is 244 Å². The van der Waals surface area contributed by atoms with E-state index in [2.05, 4.69) is 60.6 Å². The first-order valence-electron chi connectivity index (χ1n) is 19.2. The highest BCUT2D eigenvalue weighted by molar-refractivity contribution is 7.94. The SMILES string of the molecule is O=C1NCc2ccc(cc2)CNC(=O)c2cc(NCCCCSOOO)cc(n2)C(=O)NCC2CCC(CC2)CNC(=O)c2cc(NCCCCSOOO)cc1n2. The molecule has 1 fully saturated rings. The highest BCUT2D eigenvalue weighted by Crippen LogP contribution is 2.28. The van der Waals surface area contributed by atoms with E-state index < -0.39 is 11.8 Å². The van der Waals surface area contributed by atoms with Gasteiger partial charge in [0.15, 0.2) is 0 Å². The molecule has 4 amide bonds. The van der Waals surface area contributed by atoms with Crippen LogP contribution in [0.2, 0.25) is 0 Å². The van der Waals surface area contributed by atoms with Crippen molar-refractivity contribution in [1.82, 2.24) is 31.2 Å². The molecule has 58 heavy (non-hydrogen) atoms. The Labute approximate surface area is 344 Å². The summed E-state index contributed by atoms with van der Waals surface area (Å²) in [5.74, 6) is 0.0378. The lowest BCUT2D eigenvalue weighted by Gasteiger charge is -2.28. The van der Waals surface area contributed by atoms with Crippen molar-refractivity contribution in [3.63, 3.8) is 0 Å². The molecule has 0 radical (unpaired) electrons. The zero-order chi connectivity index (χ0) is 41.0. The molecule has 1 aromatic carbocycles. The van der Waals surface area contributed by atoms with Gasteiger partial charge in [0, 0.05) is 86.2 Å². The van der Waals surface area contributed by atoms with Gasteiger partial charge in [-0.25, -0.2) is 20.5 Å². The largest absolute Gasteiger partial charge is 0.385 e. The van der Waals surface area contributed by atoms with Crippen molar-refractivity contribution in [3.8, 4) is 0 Å². The van der Waals surface area contributed by atoms with Crippen LogP contribution in [0.4, 0.5) is 11.4 Å². The highest BCUT2D eigenvalue weighted by atomic mass is 32.2. The number of nitrogens with zero attached hydrogens (tertiary/aromatic N) is 2.